The van der Waals surface area contributed by atoms with E-state index in [2.05, 4.69) is 10.3 Å². The van der Waals surface area contributed by atoms with Crippen molar-refractivity contribution in [3.63, 3.8) is 0 Å². The number of pyridine rings is 1. The summed E-state index contributed by atoms with van der Waals surface area (Å²) in [7, 11) is 1.28. The first kappa shape index (κ1) is 20.9. The minimum Gasteiger partial charge on any atom is -0.508 e. The molecule has 1 amide bonds. The van der Waals surface area contributed by atoms with Gasteiger partial charge < -0.3 is 20.1 Å². The Morgan fingerprint density at radius 2 is 1.73 bits per heavy atom. The molecule has 1 atom stereocenters. The van der Waals surface area contributed by atoms with Gasteiger partial charge in [-0.3, -0.25) is 14.4 Å². The summed E-state index contributed by atoms with van der Waals surface area (Å²) in [4.78, 5) is 39.7. The molecule has 3 N–H and O–H groups in total. The molecule has 0 radical (unpaired) electrons. The maximum atomic E-state index is 12.5. The lowest BCUT2D eigenvalue weighted by Crippen LogP contribution is -2.37. The van der Waals surface area contributed by atoms with Crippen molar-refractivity contribution in [2.75, 3.05) is 13.7 Å². The first-order chi connectivity index (χ1) is 14.5. The number of carbonyl (C=O) groups excluding carboxylic acids is 2. The number of nitrogens with one attached hydrogen (secondary N) is 2. The van der Waals surface area contributed by atoms with Crippen molar-refractivity contribution in [2.45, 2.75) is 6.42 Å². The van der Waals surface area contributed by atoms with Crippen molar-refractivity contribution in [1.82, 2.24) is 10.3 Å². The fourth-order valence-electron chi connectivity index (χ4n) is 3.07. The lowest BCUT2D eigenvalue weighted by atomic mass is 9.99. The predicted octanol–water partition coefficient (Wildman–Crippen LogP) is 2.51. The molecule has 1 heterocycles. The SMILES string of the molecule is COC(=O)C(CNC(=O)c1ccc(-c2ccccc2)[nH]c1=O)Cc1ccc(O)cc1. The molecule has 3 rings (SSSR count). The smallest absolute Gasteiger partial charge is 0.310 e. The van der Waals surface area contributed by atoms with E-state index in [1.54, 1.807) is 18.2 Å². The number of ether oxygens (including phenoxy) is 1. The predicted molar refractivity (Wildman–Crippen MR) is 112 cm³/mol. The van der Waals surface area contributed by atoms with E-state index in [0.29, 0.717) is 12.1 Å². The number of esters is 1. The van der Waals surface area contributed by atoms with Gasteiger partial charge in [0.1, 0.15) is 11.3 Å². The molecule has 0 aliphatic heterocycles. The third-order valence-electron chi connectivity index (χ3n) is 4.70. The summed E-state index contributed by atoms with van der Waals surface area (Å²) < 4.78 is 4.83. The van der Waals surface area contributed by atoms with Gasteiger partial charge in [0.2, 0.25) is 0 Å². The van der Waals surface area contributed by atoms with Crippen molar-refractivity contribution in [2.24, 2.45) is 5.92 Å². The van der Waals surface area contributed by atoms with E-state index >= 15 is 0 Å². The van der Waals surface area contributed by atoms with E-state index in [4.69, 9.17) is 4.74 Å². The second kappa shape index (κ2) is 9.56. The van der Waals surface area contributed by atoms with Crippen LogP contribution in [0.2, 0.25) is 0 Å². The van der Waals surface area contributed by atoms with Crippen molar-refractivity contribution in [1.29, 1.82) is 0 Å². The van der Waals surface area contributed by atoms with E-state index in [9.17, 15) is 19.5 Å². The maximum Gasteiger partial charge on any atom is 0.310 e. The van der Waals surface area contributed by atoms with Crippen LogP contribution in [0.4, 0.5) is 0 Å². The molecular formula is C23H22N2O5. The van der Waals surface area contributed by atoms with Crippen molar-refractivity contribution in [3.05, 3.63) is 88.2 Å². The molecule has 3 aromatic rings. The molecule has 0 aliphatic rings. The van der Waals surface area contributed by atoms with Gasteiger partial charge in [-0.2, -0.15) is 0 Å². The van der Waals surface area contributed by atoms with E-state index in [-0.39, 0.29) is 17.9 Å². The summed E-state index contributed by atoms with van der Waals surface area (Å²) in [5.41, 5.74) is 1.70. The van der Waals surface area contributed by atoms with E-state index in [1.165, 1.54) is 25.3 Å². The molecule has 0 bridgehead atoms. The average molecular weight is 406 g/mol. The van der Waals surface area contributed by atoms with Crippen molar-refractivity contribution >= 4 is 11.9 Å². The summed E-state index contributed by atoms with van der Waals surface area (Å²) >= 11 is 0. The summed E-state index contributed by atoms with van der Waals surface area (Å²) in [5, 5.41) is 12.0. The number of aromatic hydroxyl groups is 1. The number of phenolic OH excluding ortho intramolecular Hbond substituents is 1. The lowest BCUT2D eigenvalue weighted by molar-refractivity contribution is -0.145. The second-order valence-electron chi connectivity index (χ2n) is 6.78. The van der Waals surface area contributed by atoms with Gasteiger partial charge in [0.25, 0.3) is 11.5 Å². The Bertz CT molecular complexity index is 1070. The highest BCUT2D eigenvalue weighted by atomic mass is 16.5. The van der Waals surface area contributed by atoms with Crippen LogP contribution in [0, 0.1) is 5.92 Å². The number of aromatic amines is 1. The molecule has 1 unspecified atom stereocenters. The molecule has 154 valence electrons. The molecule has 1 aromatic heterocycles. The topological polar surface area (TPSA) is 108 Å². The zero-order chi connectivity index (χ0) is 21.5. The molecule has 0 saturated heterocycles. The fraction of sp³-hybridized carbons (Fsp3) is 0.174. The van der Waals surface area contributed by atoms with Crippen LogP contribution in [0.25, 0.3) is 11.3 Å². The number of methoxy groups -OCH3 is 1. The average Bonchev–Trinajstić information content (AvgIpc) is 2.77. The van der Waals surface area contributed by atoms with Crippen LogP contribution in [-0.4, -0.2) is 35.6 Å². The van der Waals surface area contributed by atoms with Gasteiger partial charge in [-0.15, -0.1) is 0 Å². The third kappa shape index (κ3) is 5.14. The van der Waals surface area contributed by atoms with Gasteiger partial charge >= 0.3 is 5.97 Å². The van der Waals surface area contributed by atoms with Crippen LogP contribution in [0.15, 0.2) is 71.5 Å². The van der Waals surface area contributed by atoms with Crippen LogP contribution >= 0.6 is 0 Å². The highest BCUT2D eigenvalue weighted by Crippen LogP contribution is 2.16. The maximum absolute atomic E-state index is 12.5. The number of hydrogen-bond acceptors (Lipinski definition) is 5. The Hall–Kier alpha value is -3.87. The highest BCUT2D eigenvalue weighted by Gasteiger charge is 2.22. The number of amides is 1. The normalized spacial score (nSPS) is 11.5. The van der Waals surface area contributed by atoms with Gasteiger partial charge in [-0.1, -0.05) is 42.5 Å². The highest BCUT2D eigenvalue weighted by molar-refractivity contribution is 5.94. The van der Waals surface area contributed by atoms with Gasteiger partial charge in [-0.25, -0.2) is 0 Å². The number of benzene rings is 2. The quantitative estimate of drug-likeness (QED) is 0.523. The number of hydrogen-bond donors (Lipinski definition) is 3. The van der Waals surface area contributed by atoms with Crippen molar-refractivity contribution in [3.8, 4) is 17.0 Å². The standard InChI is InChI=1S/C23H22N2O5/c1-30-23(29)17(13-15-7-9-18(26)10-8-15)14-24-21(27)19-11-12-20(25-22(19)28)16-5-3-2-4-6-16/h2-12,17,26H,13-14H2,1H3,(H,24,27)(H,25,28). The van der Waals surface area contributed by atoms with Crippen LogP contribution < -0.4 is 10.9 Å². The summed E-state index contributed by atoms with van der Waals surface area (Å²) in [6, 6.07) is 18.9. The van der Waals surface area contributed by atoms with Crippen LogP contribution in [0.1, 0.15) is 15.9 Å². The Kier molecular flexibility index (Phi) is 6.64. The Labute approximate surface area is 173 Å². The molecule has 0 spiro atoms. The van der Waals surface area contributed by atoms with Gasteiger partial charge in [0.05, 0.1) is 13.0 Å². The minimum atomic E-state index is -0.633. The minimum absolute atomic E-state index is 0.00621. The van der Waals surface area contributed by atoms with Crippen LogP contribution in [0.5, 0.6) is 5.75 Å². The summed E-state index contributed by atoms with van der Waals surface area (Å²) in [6.07, 6.45) is 0.316. The zero-order valence-corrected chi connectivity index (χ0v) is 16.4. The molecule has 0 aliphatic carbocycles. The van der Waals surface area contributed by atoms with Crippen LogP contribution in [-0.2, 0) is 16.0 Å². The number of H-pyrrole nitrogens is 1. The Morgan fingerprint density at radius 1 is 1.03 bits per heavy atom. The molecule has 0 fully saturated rings. The second-order valence-corrected chi connectivity index (χ2v) is 6.78. The lowest BCUT2D eigenvalue weighted by Gasteiger charge is -2.15. The molecule has 30 heavy (non-hydrogen) atoms. The zero-order valence-electron chi connectivity index (χ0n) is 16.4. The first-order valence-corrected chi connectivity index (χ1v) is 9.40. The van der Waals surface area contributed by atoms with E-state index in [1.807, 2.05) is 30.3 Å². The molecule has 7 nitrogen and oxygen atoms in total. The van der Waals surface area contributed by atoms with Gasteiger partial charge in [0, 0.05) is 12.2 Å². The fourth-order valence-corrected chi connectivity index (χ4v) is 3.07. The summed E-state index contributed by atoms with van der Waals surface area (Å²) in [5.74, 6) is -1.56. The number of carbonyl (C=O) groups is 2. The first-order valence-electron chi connectivity index (χ1n) is 9.40. The van der Waals surface area contributed by atoms with Crippen LogP contribution in [0.3, 0.4) is 0 Å². The molecular weight excluding hydrogens is 384 g/mol. The van der Waals surface area contributed by atoms with Crippen molar-refractivity contribution < 1.29 is 19.4 Å². The number of rotatable bonds is 7. The van der Waals surface area contributed by atoms with E-state index in [0.717, 1.165) is 11.1 Å². The Balaban J connectivity index is 1.69. The van der Waals surface area contributed by atoms with Gasteiger partial charge in [-0.05, 0) is 41.8 Å². The molecule has 2 aromatic carbocycles. The van der Waals surface area contributed by atoms with Gasteiger partial charge in [0.15, 0.2) is 0 Å². The molecule has 0 saturated carbocycles. The number of phenols is 1. The number of aromatic nitrogens is 1. The Morgan fingerprint density at radius 3 is 2.37 bits per heavy atom. The van der Waals surface area contributed by atoms with E-state index < -0.39 is 23.4 Å². The monoisotopic (exact) mass is 406 g/mol. The largest absolute Gasteiger partial charge is 0.508 e. The molecule has 7 heteroatoms. The summed E-state index contributed by atoms with van der Waals surface area (Å²) in [6.45, 7) is 0.00621. The third-order valence-corrected chi connectivity index (χ3v) is 4.70.